The predicted octanol–water partition coefficient (Wildman–Crippen LogP) is 1.88. The molecule has 3 aliphatic heterocycles. The molecule has 0 saturated carbocycles. The van der Waals surface area contributed by atoms with Gasteiger partial charge in [0.25, 0.3) is 0 Å². The predicted molar refractivity (Wildman–Crippen MR) is 95.6 cm³/mol. The van der Waals surface area contributed by atoms with Crippen molar-refractivity contribution in [1.82, 2.24) is 20.0 Å². The fraction of sp³-hybridized carbons (Fsp3) is 0.889. The van der Waals surface area contributed by atoms with Gasteiger partial charge in [-0.1, -0.05) is 19.3 Å². The lowest BCUT2D eigenvalue weighted by molar-refractivity contribution is 0.0479. The number of rotatable bonds is 5. The number of hydrogen-bond donors (Lipinski definition) is 1. The Kier molecular flexibility index (Phi) is 6.78. The van der Waals surface area contributed by atoms with Crippen molar-refractivity contribution in [3.8, 4) is 0 Å². The lowest BCUT2D eigenvalue weighted by Gasteiger charge is -2.36. The zero-order chi connectivity index (χ0) is 17.5. The summed E-state index contributed by atoms with van der Waals surface area (Å²) in [5, 5.41) is 2.84. The topological polar surface area (TPSA) is 65.1 Å². The largest absolute Gasteiger partial charge is 0.448 e. The van der Waals surface area contributed by atoms with Crippen LogP contribution in [0.3, 0.4) is 0 Å². The third-order valence-electron chi connectivity index (χ3n) is 5.61. The molecule has 3 rings (SSSR count). The molecule has 0 aromatic heterocycles. The number of amides is 3. The fourth-order valence-electron chi connectivity index (χ4n) is 4.03. The molecule has 3 amide bonds. The molecule has 3 heterocycles. The van der Waals surface area contributed by atoms with E-state index >= 15 is 0 Å². The molecule has 3 aliphatic rings. The van der Waals surface area contributed by atoms with Crippen LogP contribution in [0.4, 0.5) is 9.59 Å². The van der Waals surface area contributed by atoms with Gasteiger partial charge >= 0.3 is 12.1 Å². The van der Waals surface area contributed by atoms with Gasteiger partial charge in [-0.3, -0.25) is 4.90 Å². The molecule has 1 unspecified atom stereocenters. The summed E-state index contributed by atoms with van der Waals surface area (Å²) in [5.41, 5.74) is 0. The van der Waals surface area contributed by atoms with E-state index in [2.05, 4.69) is 10.2 Å². The molecule has 3 fully saturated rings. The normalized spacial score (nSPS) is 25.6. The van der Waals surface area contributed by atoms with Gasteiger partial charge in [-0.25, -0.2) is 9.59 Å². The van der Waals surface area contributed by atoms with Crippen molar-refractivity contribution >= 4 is 12.1 Å². The van der Waals surface area contributed by atoms with Crippen LogP contribution in [0, 0.1) is 0 Å². The molecule has 0 aromatic carbocycles. The first kappa shape index (κ1) is 18.3. The van der Waals surface area contributed by atoms with Crippen LogP contribution in [0.2, 0.25) is 0 Å². The maximum Gasteiger partial charge on any atom is 0.409 e. The first-order chi connectivity index (χ1) is 12.2. The van der Waals surface area contributed by atoms with Crippen LogP contribution in [0.15, 0.2) is 0 Å². The second-order valence-electron chi connectivity index (χ2n) is 7.38. The quantitative estimate of drug-likeness (QED) is 0.820. The van der Waals surface area contributed by atoms with E-state index in [0.29, 0.717) is 6.61 Å². The Hall–Kier alpha value is -1.50. The lowest BCUT2D eigenvalue weighted by atomic mass is 10.0. The average Bonchev–Trinajstić information content (AvgIpc) is 2.87. The number of nitrogens with zero attached hydrogens (tertiary/aromatic N) is 3. The number of carbonyl (C=O) groups excluding carboxylic acids is 2. The van der Waals surface area contributed by atoms with Gasteiger partial charge in [0.05, 0.1) is 0 Å². The molecule has 25 heavy (non-hydrogen) atoms. The van der Waals surface area contributed by atoms with Gasteiger partial charge in [-0.15, -0.1) is 0 Å². The number of nitrogens with one attached hydrogen (secondary N) is 1. The summed E-state index contributed by atoms with van der Waals surface area (Å²) >= 11 is 0. The van der Waals surface area contributed by atoms with Crippen molar-refractivity contribution in [2.24, 2.45) is 0 Å². The van der Waals surface area contributed by atoms with Crippen LogP contribution in [0.25, 0.3) is 0 Å². The van der Waals surface area contributed by atoms with Gasteiger partial charge in [-0.05, 0) is 32.2 Å². The third-order valence-corrected chi connectivity index (χ3v) is 5.61. The maximum atomic E-state index is 12.3. The summed E-state index contributed by atoms with van der Waals surface area (Å²) < 4.78 is 5.65. The molecule has 7 heteroatoms. The zero-order valence-corrected chi connectivity index (χ0v) is 15.3. The van der Waals surface area contributed by atoms with Crippen LogP contribution in [-0.4, -0.2) is 85.3 Å². The Balaban J connectivity index is 1.43. The van der Waals surface area contributed by atoms with Gasteiger partial charge < -0.3 is 19.9 Å². The van der Waals surface area contributed by atoms with Gasteiger partial charge in [0.15, 0.2) is 0 Å². The Bertz CT molecular complexity index is 452. The Morgan fingerprint density at radius 1 is 1.00 bits per heavy atom. The van der Waals surface area contributed by atoms with E-state index in [1.807, 2.05) is 9.80 Å². The molecular weight excluding hydrogens is 320 g/mol. The van der Waals surface area contributed by atoms with E-state index in [-0.39, 0.29) is 18.2 Å². The first-order valence-corrected chi connectivity index (χ1v) is 9.92. The Labute approximate surface area is 150 Å². The van der Waals surface area contributed by atoms with Crippen LogP contribution >= 0.6 is 0 Å². The highest BCUT2D eigenvalue weighted by Crippen LogP contribution is 2.18. The fourth-order valence-corrected chi connectivity index (χ4v) is 4.03. The van der Waals surface area contributed by atoms with Crippen molar-refractivity contribution in [2.45, 2.75) is 51.0 Å². The van der Waals surface area contributed by atoms with Crippen molar-refractivity contribution in [3.05, 3.63) is 0 Å². The lowest BCUT2D eigenvalue weighted by Crippen LogP contribution is -2.47. The minimum atomic E-state index is -0.147. The number of urea groups is 1. The highest BCUT2D eigenvalue weighted by molar-refractivity contribution is 5.76. The molecule has 0 spiro atoms. The summed E-state index contributed by atoms with van der Waals surface area (Å²) in [4.78, 5) is 30.1. The van der Waals surface area contributed by atoms with Gasteiger partial charge in [0, 0.05) is 45.3 Å². The molecule has 0 radical (unpaired) electrons. The molecule has 142 valence electrons. The zero-order valence-electron chi connectivity index (χ0n) is 15.3. The van der Waals surface area contributed by atoms with Crippen molar-refractivity contribution in [3.63, 3.8) is 0 Å². The summed E-state index contributed by atoms with van der Waals surface area (Å²) in [6.07, 6.45) is 7.89. The van der Waals surface area contributed by atoms with E-state index in [4.69, 9.17) is 4.74 Å². The number of piperidine rings is 1. The van der Waals surface area contributed by atoms with Crippen LogP contribution in [-0.2, 0) is 4.74 Å². The molecule has 0 aromatic rings. The molecule has 3 saturated heterocycles. The molecule has 1 N–H and O–H groups in total. The Morgan fingerprint density at radius 2 is 1.76 bits per heavy atom. The number of likely N-dealkylation sites (tertiary alicyclic amines) is 2. The third kappa shape index (κ3) is 5.23. The summed E-state index contributed by atoms with van der Waals surface area (Å²) in [5.74, 6) is 0. The van der Waals surface area contributed by atoms with Crippen LogP contribution in [0.1, 0.15) is 44.9 Å². The molecular formula is C18H32N4O3. The molecule has 0 bridgehead atoms. The minimum Gasteiger partial charge on any atom is -0.448 e. The van der Waals surface area contributed by atoms with Crippen LogP contribution < -0.4 is 5.32 Å². The van der Waals surface area contributed by atoms with E-state index in [9.17, 15) is 9.59 Å². The Morgan fingerprint density at radius 3 is 2.48 bits per heavy atom. The number of ether oxygens (including phenoxy) is 1. The maximum absolute atomic E-state index is 12.3. The second-order valence-corrected chi connectivity index (χ2v) is 7.38. The van der Waals surface area contributed by atoms with E-state index in [1.165, 1.54) is 25.7 Å². The molecule has 0 aliphatic carbocycles. The number of hydrogen-bond acceptors (Lipinski definition) is 4. The summed E-state index contributed by atoms with van der Waals surface area (Å²) in [6.45, 7) is 6.32. The summed E-state index contributed by atoms with van der Waals surface area (Å²) in [7, 11) is 0. The highest BCUT2D eigenvalue weighted by atomic mass is 16.6. The van der Waals surface area contributed by atoms with Crippen LogP contribution in [0.5, 0.6) is 0 Å². The monoisotopic (exact) mass is 352 g/mol. The SMILES string of the molecule is O=C1NCCN1CCN1CCCCC1COC(=O)N1CCCCCC1. The first-order valence-electron chi connectivity index (χ1n) is 9.92. The van der Waals surface area contributed by atoms with Crippen molar-refractivity contribution in [1.29, 1.82) is 0 Å². The smallest absolute Gasteiger partial charge is 0.409 e. The van der Waals surface area contributed by atoms with Gasteiger partial charge in [-0.2, -0.15) is 0 Å². The van der Waals surface area contributed by atoms with Gasteiger partial charge in [0.2, 0.25) is 0 Å². The van der Waals surface area contributed by atoms with Crippen molar-refractivity contribution < 1.29 is 14.3 Å². The second kappa shape index (κ2) is 9.27. The highest BCUT2D eigenvalue weighted by Gasteiger charge is 2.27. The molecule has 1 atom stereocenters. The number of carbonyl (C=O) groups is 2. The van der Waals surface area contributed by atoms with Gasteiger partial charge in [0.1, 0.15) is 6.61 Å². The summed E-state index contributed by atoms with van der Waals surface area (Å²) in [6, 6.07) is 0.330. The standard InChI is InChI=1S/C18H32N4O3/c23-17-19-8-12-21(17)14-13-20-9-6-3-7-16(20)15-25-18(24)22-10-4-1-2-5-11-22/h16H,1-15H2,(H,19,23). The van der Waals surface area contributed by atoms with E-state index in [1.54, 1.807) is 0 Å². The van der Waals surface area contributed by atoms with Crippen molar-refractivity contribution in [2.75, 3.05) is 52.4 Å². The van der Waals surface area contributed by atoms with E-state index < -0.39 is 0 Å². The average molecular weight is 352 g/mol. The molecule has 7 nitrogen and oxygen atoms in total. The van der Waals surface area contributed by atoms with E-state index in [0.717, 1.165) is 65.1 Å². The minimum absolute atomic E-state index is 0.0427.